The first-order valence-electron chi connectivity index (χ1n) is 6.87. The zero-order valence-corrected chi connectivity index (χ0v) is 13.3. The van der Waals surface area contributed by atoms with E-state index in [4.69, 9.17) is 4.74 Å². The zero-order valence-electron chi connectivity index (χ0n) is 11.7. The van der Waals surface area contributed by atoms with Crippen molar-refractivity contribution in [1.82, 2.24) is 0 Å². The fraction of sp³-hybridized carbons (Fsp3) is 0.294. The summed E-state index contributed by atoms with van der Waals surface area (Å²) in [5, 5.41) is 3.64. The molecule has 20 heavy (non-hydrogen) atoms. The van der Waals surface area contributed by atoms with Gasteiger partial charge in [-0.25, -0.2) is 0 Å². The molecular weight excluding hydrogens is 314 g/mol. The smallest absolute Gasteiger partial charge is 0.119 e. The van der Waals surface area contributed by atoms with Crippen LogP contribution in [0.5, 0.6) is 5.75 Å². The zero-order chi connectivity index (χ0) is 14.1. The van der Waals surface area contributed by atoms with Gasteiger partial charge in [-0.2, -0.15) is 0 Å². The van der Waals surface area contributed by atoms with E-state index in [-0.39, 0.29) is 0 Å². The third kappa shape index (κ3) is 2.55. The summed E-state index contributed by atoms with van der Waals surface area (Å²) in [5.74, 6) is 0.935. The number of nitrogens with one attached hydrogen (secondary N) is 1. The summed E-state index contributed by atoms with van der Waals surface area (Å²) in [5.41, 5.74) is 5.22. The Kier molecular flexibility index (Phi) is 3.70. The van der Waals surface area contributed by atoms with E-state index in [1.54, 1.807) is 7.11 Å². The average molecular weight is 332 g/mol. The van der Waals surface area contributed by atoms with Gasteiger partial charge in [0.05, 0.1) is 13.2 Å². The number of fused-ring (bicyclic) bond motifs is 1. The van der Waals surface area contributed by atoms with Gasteiger partial charge in [-0.3, -0.25) is 0 Å². The maximum Gasteiger partial charge on any atom is 0.119 e. The number of ether oxygens (including phenoxy) is 1. The molecule has 0 radical (unpaired) electrons. The van der Waals surface area contributed by atoms with E-state index < -0.39 is 0 Å². The molecule has 2 nitrogen and oxygen atoms in total. The molecule has 0 saturated carbocycles. The maximum absolute atomic E-state index is 5.34. The third-order valence-corrected chi connectivity index (χ3v) is 4.82. The highest BCUT2D eigenvalue weighted by molar-refractivity contribution is 9.10. The molecule has 1 unspecified atom stereocenters. The number of aryl methyl sites for hydroxylation is 2. The number of halogens is 1. The Hall–Kier alpha value is -1.48. The molecule has 0 heterocycles. The van der Waals surface area contributed by atoms with Gasteiger partial charge in [0.1, 0.15) is 5.75 Å². The highest BCUT2D eigenvalue weighted by atomic mass is 79.9. The van der Waals surface area contributed by atoms with Crippen LogP contribution >= 0.6 is 15.9 Å². The van der Waals surface area contributed by atoms with Crippen molar-refractivity contribution in [3.05, 3.63) is 57.6 Å². The summed E-state index contributed by atoms with van der Waals surface area (Å²) < 4.78 is 6.49. The van der Waals surface area contributed by atoms with E-state index in [0.29, 0.717) is 6.04 Å². The van der Waals surface area contributed by atoms with Crippen LogP contribution in [0.25, 0.3) is 0 Å². The van der Waals surface area contributed by atoms with E-state index in [1.807, 2.05) is 6.07 Å². The highest BCUT2D eigenvalue weighted by Gasteiger charge is 2.22. The van der Waals surface area contributed by atoms with Gasteiger partial charge < -0.3 is 10.1 Å². The summed E-state index contributed by atoms with van der Waals surface area (Å²) in [4.78, 5) is 0. The van der Waals surface area contributed by atoms with E-state index >= 15 is 0 Å². The molecule has 0 amide bonds. The highest BCUT2D eigenvalue weighted by Crippen LogP contribution is 2.36. The lowest BCUT2D eigenvalue weighted by Gasteiger charge is -2.17. The van der Waals surface area contributed by atoms with Gasteiger partial charge in [0.15, 0.2) is 0 Å². The predicted octanol–water partition coefficient (Wildman–Crippen LogP) is 4.87. The Balaban J connectivity index is 1.85. The van der Waals surface area contributed by atoms with Crippen LogP contribution in [0.2, 0.25) is 0 Å². The minimum Gasteiger partial charge on any atom is -0.497 e. The van der Waals surface area contributed by atoms with Crippen molar-refractivity contribution in [2.24, 2.45) is 0 Å². The molecule has 0 aliphatic heterocycles. The maximum atomic E-state index is 5.34. The van der Waals surface area contributed by atoms with Crippen molar-refractivity contribution < 1.29 is 4.74 Å². The number of benzene rings is 2. The lowest BCUT2D eigenvalue weighted by Crippen LogP contribution is -2.07. The predicted molar refractivity (Wildman–Crippen MR) is 86.6 cm³/mol. The standard InChI is InChI=1S/C17H18BrNO/c1-11-9-13(5-7-16(11)18)19-17-8-4-12-3-6-14(20-2)10-15(12)17/h3,5-7,9-10,17,19H,4,8H2,1-2H3. The van der Waals surface area contributed by atoms with Gasteiger partial charge in [-0.1, -0.05) is 22.0 Å². The lowest BCUT2D eigenvalue weighted by molar-refractivity contribution is 0.414. The van der Waals surface area contributed by atoms with E-state index in [2.05, 4.69) is 58.5 Å². The summed E-state index contributed by atoms with van der Waals surface area (Å²) in [6.45, 7) is 2.11. The molecule has 2 aromatic rings. The van der Waals surface area contributed by atoms with Crippen LogP contribution in [0.1, 0.15) is 29.2 Å². The van der Waals surface area contributed by atoms with Crippen molar-refractivity contribution in [3.8, 4) is 5.75 Å². The average Bonchev–Trinajstić information content (AvgIpc) is 2.85. The van der Waals surface area contributed by atoms with E-state index in [0.717, 1.165) is 23.1 Å². The molecule has 1 N–H and O–H groups in total. The van der Waals surface area contributed by atoms with Crippen molar-refractivity contribution in [2.75, 3.05) is 12.4 Å². The minimum atomic E-state index is 0.376. The molecule has 0 bridgehead atoms. The van der Waals surface area contributed by atoms with Gasteiger partial charge in [0.25, 0.3) is 0 Å². The van der Waals surface area contributed by atoms with Crippen LogP contribution in [-0.2, 0) is 6.42 Å². The lowest BCUT2D eigenvalue weighted by atomic mass is 10.1. The van der Waals surface area contributed by atoms with Crippen LogP contribution in [0.4, 0.5) is 5.69 Å². The molecule has 3 heteroatoms. The summed E-state index contributed by atoms with van der Waals surface area (Å²) in [6.07, 6.45) is 2.27. The Morgan fingerprint density at radius 3 is 2.80 bits per heavy atom. The molecule has 0 aromatic heterocycles. The molecule has 104 valence electrons. The molecule has 1 aliphatic rings. The monoisotopic (exact) mass is 331 g/mol. The second-order valence-corrected chi connectivity index (χ2v) is 6.12. The molecule has 1 atom stereocenters. The van der Waals surface area contributed by atoms with Crippen molar-refractivity contribution in [3.63, 3.8) is 0 Å². The molecule has 0 spiro atoms. The first-order chi connectivity index (χ1) is 9.67. The Morgan fingerprint density at radius 1 is 1.20 bits per heavy atom. The second-order valence-electron chi connectivity index (χ2n) is 5.26. The first-order valence-corrected chi connectivity index (χ1v) is 7.66. The Bertz CT molecular complexity index is 639. The van der Waals surface area contributed by atoms with Crippen molar-refractivity contribution >= 4 is 21.6 Å². The van der Waals surface area contributed by atoms with Gasteiger partial charge >= 0.3 is 0 Å². The van der Waals surface area contributed by atoms with Crippen molar-refractivity contribution in [1.29, 1.82) is 0 Å². The van der Waals surface area contributed by atoms with Gasteiger partial charge in [-0.15, -0.1) is 0 Å². The SMILES string of the molecule is COc1ccc2c(c1)C(Nc1ccc(Br)c(C)c1)CC2. The van der Waals surface area contributed by atoms with Gasteiger partial charge in [-0.05, 0) is 66.8 Å². The number of hydrogen-bond donors (Lipinski definition) is 1. The third-order valence-electron chi connectivity index (χ3n) is 3.93. The van der Waals surface area contributed by atoms with Crippen LogP contribution in [0.15, 0.2) is 40.9 Å². The molecule has 1 aliphatic carbocycles. The minimum absolute atomic E-state index is 0.376. The number of methoxy groups -OCH3 is 1. The number of hydrogen-bond acceptors (Lipinski definition) is 2. The molecule has 2 aromatic carbocycles. The van der Waals surface area contributed by atoms with E-state index in [1.165, 1.54) is 22.4 Å². The fourth-order valence-corrected chi connectivity index (χ4v) is 3.04. The van der Waals surface area contributed by atoms with Crippen LogP contribution in [0, 0.1) is 6.92 Å². The van der Waals surface area contributed by atoms with Crippen LogP contribution < -0.4 is 10.1 Å². The van der Waals surface area contributed by atoms with Crippen LogP contribution in [-0.4, -0.2) is 7.11 Å². The molecule has 0 fully saturated rings. The molecule has 3 rings (SSSR count). The van der Waals surface area contributed by atoms with Crippen molar-refractivity contribution in [2.45, 2.75) is 25.8 Å². The van der Waals surface area contributed by atoms with Gasteiger partial charge in [0, 0.05) is 10.2 Å². The van der Waals surface area contributed by atoms with Gasteiger partial charge in [0.2, 0.25) is 0 Å². The summed E-state index contributed by atoms with van der Waals surface area (Å²) in [6, 6.07) is 13.2. The normalized spacial score (nSPS) is 16.9. The van der Waals surface area contributed by atoms with Crippen LogP contribution in [0.3, 0.4) is 0 Å². The Morgan fingerprint density at radius 2 is 2.05 bits per heavy atom. The quantitative estimate of drug-likeness (QED) is 0.866. The number of rotatable bonds is 3. The number of anilines is 1. The van der Waals surface area contributed by atoms with E-state index in [9.17, 15) is 0 Å². The second kappa shape index (κ2) is 5.49. The molecular formula is C17H18BrNO. The summed E-state index contributed by atoms with van der Waals surface area (Å²) in [7, 11) is 1.72. The largest absolute Gasteiger partial charge is 0.497 e. The fourth-order valence-electron chi connectivity index (χ4n) is 2.79. The summed E-state index contributed by atoms with van der Waals surface area (Å²) >= 11 is 3.54. The molecule has 0 saturated heterocycles. The Labute approximate surface area is 128 Å². The topological polar surface area (TPSA) is 21.3 Å². The first kappa shape index (κ1) is 13.5.